The number of benzene rings is 2. The maximum Gasteiger partial charge on any atom is 0.137 e. The first-order valence-electron chi connectivity index (χ1n) is 11.1. The van der Waals surface area contributed by atoms with E-state index in [-0.39, 0.29) is 5.82 Å². The Bertz CT molecular complexity index is 1160. The summed E-state index contributed by atoms with van der Waals surface area (Å²) >= 11 is 0. The minimum atomic E-state index is -0.186. The van der Waals surface area contributed by atoms with Crippen molar-refractivity contribution in [2.24, 2.45) is 0 Å². The summed E-state index contributed by atoms with van der Waals surface area (Å²) in [7, 11) is 0. The summed E-state index contributed by atoms with van der Waals surface area (Å²) in [4.78, 5) is 9.46. The van der Waals surface area contributed by atoms with E-state index in [0.717, 1.165) is 44.2 Å². The first kappa shape index (κ1) is 20.5. The quantitative estimate of drug-likeness (QED) is 0.432. The highest BCUT2D eigenvalue weighted by Gasteiger charge is 2.22. The van der Waals surface area contributed by atoms with E-state index in [4.69, 9.17) is 0 Å². The Hall–Kier alpha value is -3.44. The first-order valence-corrected chi connectivity index (χ1v) is 11.1. The second-order valence-electron chi connectivity index (χ2n) is 8.29. The summed E-state index contributed by atoms with van der Waals surface area (Å²) in [6.45, 7) is 6.86. The van der Waals surface area contributed by atoms with E-state index in [0.29, 0.717) is 0 Å². The highest BCUT2D eigenvalue weighted by atomic mass is 19.1. The molecule has 32 heavy (non-hydrogen) atoms. The minimum Gasteiger partial charge on any atom is -0.369 e. The second kappa shape index (κ2) is 8.97. The molecule has 0 amide bonds. The van der Waals surface area contributed by atoms with Crippen molar-refractivity contribution < 1.29 is 4.39 Å². The molecular formula is C27H27FN4. The van der Waals surface area contributed by atoms with Crippen LogP contribution in [-0.2, 0) is 6.54 Å². The van der Waals surface area contributed by atoms with Gasteiger partial charge in [-0.15, -0.1) is 0 Å². The molecule has 1 fully saturated rings. The molecule has 1 aliphatic rings. The van der Waals surface area contributed by atoms with Crippen LogP contribution in [0.4, 0.5) is 10.1 Å². The summed E-state index contributed by atoms with van der Waals surface area (Å²) < 4.78 is 15.5. The molecule has 0 bridgehead atoms. The topological polar surface area (TPSA) is 24.3 Å². The Kier molecular flexibility index (Phi) is 5.73. The van der Waals surface area contributed by atoms with E-state index in [1.807, 2.05) is 30.5 Å². The highest BCUT2D eigenvalue weighted by molar-refractivity contribution is 5.67. The molecule has 4 nitrogen and oxygen atoms in total. The largest absolute Gasteiger partial charge is 0.369 e. The number of piperazine rings is 1. The number of pyridine rings is 1. The van der Waals surface area contributed by atoms with E-state index in [1.54, 1.807) is 0 Å². The van der Waals surface area contributed by atoms with Gasteiger partial charge < -0.3 is 4.90 Å². The van der Waals surface area contributed by atoms with Crippen LogP contribution >= 0.6 is 0 Å². The Morgan fingerprint density at radius 1 is 0.844 bits per heavy atom. The fraction of sp³-hybridized carbons (Fsp3) is 0.222. The zero-order valence-electron chi connectivity index (χ0n) is 18.3. The van der Waals surface area contributed by atoms with Crippen LogP contribution in [0.15, 0.2) is 85.1 Å². The maximum absolute atomic E-state index is 13.3. The molecule has 0 radical (unpaired) electrons. The summed E-state index contributed by atoms with van der Waals surface area (Å²) in [6.07, 6.45) is 1.85. The number of hydrogen-bond acceptors (Lipinski definition) is 3. The third-order valence-corrected chi connectivity index (χ3v) is 6.15. The molecule has 0 N–H and O–H groups in total. The van der Waals surface area contributed by atoms with Crippen molar-refractivity contribution >= 4 is 5.69 Å². The minimum absolute atomic E-state index is 0.186. The van der Waals surface area contributed by atoms with Crippen molar-refractivity contribution in [3.8, 4) is 17.1 Å². The van der Waals surface area contributed by atoms with Gasteiger partial charge in [0.25, 0.3) is 0 Å². The molecule has 4 aromatic rings. The SMILES string of the molecule is Cc1cc(CN2CCN(c3ccc(F)cc3)CC2)c(-c2ccccc2)n1-c1ccccn1. The summed E-state index contributed by atoms with van der Waals surface area (Å²) in [5.74, 6) is 0.754. The van der Waals surface area contributed by atoms with Gasteiger partial charge in [0.05, 0.1) is 5.69 Å². The average molecular weight is 427 g/mol. The lowest BCUT2D eigenvalue weighted by Gasteiger charge is -2.36. The van der Waals surface area contributed by atoms with Crippen molar-refractivity contribution in [3.63, 3.8) is 0 Å². The molecule has 162 valence electrons. The van der Waals surface area contributed by atoms with E-state index in [9.17, 15) is 4.39 Å². The number of rotatable bonds is 5. The summed E-state index contributed by atoms with van der Waals surface area (Å²) in [5.41, 5.74) is 6.00. The highest BCUT2D eigenvalue weighted by Crippen LogP contribution is 2.31. The normalized spacial score (nSPS) is 14.6. The maximum atomic E-state index is 13.3. The smallest absolute Gasteiger partial charge is 0.137 e. The lowest BCUT2D eigenvalue weighted by Crippen LogP contribution is -2.46. The summed E-state index contributed by atoms with van der Waals surface area (Å²) in [6, 6.07) is 25.7. The number of hydrogen-bond donors (Lipinski definition) is 0. The Morgan fingerprint density at radius 3 is 2.25 bits per heavy atom. The van der Waals surface area contributed by atoms with Crippen LogP contribution < -0.4 is 4.90 Å². The van der Waals surface area contributed by atoms with Gasteiger partial charge in [0.1, 0.15) is 11.6 Å². The zero-order chi connectivity index (χ0) is 21.9. The van der Waals surface area contributed by atoms with Crippen LogP contribution in [-0.4, -0.2) is 40.6 Å². The van der Waals surface area contributed by atoms with E-state index in [2.05, 4.69) is 68.7 Å². The fourth-order valence-corrected chi connectivity index (χ4v) is 4.57. The lowest BCUT2D eigenvalue weighted by atomic mass is 10.1. The number of halogens is 1. The molecule has 2 aromatic carbocycles. The second-order valence-corrected chi connectivity index (χ2v) is 8.29. The van der Waals surface area contributed by atoms with Gasteiger partial charge in [-0.1, -0.05) is 36.4 Å². The van der Waals surface area contributed by atoms with Gasteiger partial charge in [-0.3, -0.25) is 9.47 Å². The molecule has 0 atom stereocenters. The molecule has 2 aromatic heterocycles. The molecule has 5 heteroatoms. The molecular weight excluding hydrogens is 399 g/mol. The van der Waals surface area contributed by atoms with Gasteiger partial charge in [0.15, 0.2) is 0 Å². The number of nitrogens with zero attached hydrogens (tertiary/aromatic N) is 4. The fourth-order valence-electron chi connectivity index (χ4n) is 4.57. The summed E-state index contributed by atoms with van der Waals surface area (Å²) in [5, 5.41) is 0. The number of aryl methyl sites for hydroxylation is 1. The standard InChI is InChI=1S/C27H27FN4/c1-21-19-23(20-30-15-17-31(18-16-30)25-12-10-24(28)11-13-25)27(22-7-3-2-4-8-22)32(21)26-9-5-6-14-29-26/h2-14,19H,15-18,20H2,1H3. The van der Waals surface area contributed by atoms with E-state index < -0.39 is 0 Å². The molecule has 3 heterocycles. The van der Waals surface area contributed by atoms with Crippen molar-refractivity contribution in [2.45, 2.75) is 13.5 Å². The van der Waals surface area contributed by atoms with Crippen LogP contribution in [0, 0.1) is 12.7 Å². The van der Waals surface area contributed by atoms with Crippen molar-refractivity contribution in [1.29, 1.82) is 0 Å². The van der Waals surface area contributed by atoms with E-state index in [1.165, 1.54) is 34.6 Å². The molecule has 0 aliphatic carbocycles. The van der Waals surface area contributed by atoms with E-state index >= 15 is 0 Å². The van der Waals surface area contributed by atoms with Crippen molar-refractivity contribution in [2.75, 3.05) is 31.1 Å². The Balaban J connectivity index is 1.40. The van der Waals surface area contributed by atoms with Gasteiger partial charge in [-0.2, -0.15) is 0 Å². The third-order valence-electron chi connectivity index (χ3n) is 6.15. The van der Waals surface area contributed by atoms with Crippen LogP contribution in [0.2, 0.25) is 0 Å². The van der Waals surface area contributed by atoms with Gasteiger partial charge in [-0.05, 0) is 60.5 Å². The van der Waals surface area contributed by atoms with Gasteiger partial charge in [0, 0.05) is 50.3 Å². The molecule has 0 spiro atoms. The monoisotopic (exact) mass is 426 g/mol. The van der Waals surface area contributed by atoms with Gasteiger partial charge in [0.2, 0.25) is 0 Å². The molecule has 0 saturated carbocycles. The van der Waals surface area contributed by atoms with Crippen LogP contribution in [0.5, 0.6) is 0 Å². The molecule has 1 saturated heterocycles. The lowest BCUT2D eigenvalue weighted by molar-refractivity contribution is 0.250. The average Bonchev–Trinajstić information content (AvgIpc) is 3.16. The molecule has 0 unspecified atom stereocenters. The predicted octanol–water partition coefficient (Wildman–Crippen LogP) is 5.31. The van der Waals surface area contributed by atoms with Crippen LogP contribution in [0.3, 0.4) is 0 Å². The zero-order valence-corrected chi connectivity index (χ0v) is 18.3. The number of anilines is 1. The number of aromatic nitrogens is 2. The Morgan fingerprint density at radius 2 is 1.56 bits per heavy atom. The molecule has 1 aliphatic heterocycles. The predicted molar refractivity (Wildman–Crippen MR) is 128 cm³/mol. The first-order chi connectivity index (χ1) is 15.7. The molecule has 5 rings (SSSR count). The van der Waals surface area contributed by atoms with Crippen LogP contribution in [0.1, 0.15) is 11.3 Å². The van der Waals surface area contributed by atoms with Gasteiger partial charge >= 0.3 is 0 Å². The van der Waals surface area contributed by atoms with Crippen molar-refractivity contribution in [3.05, 3.63) is 102 Å². The van der Waals surface area contributed by atoms with Crippen molar-refractivity contribution in [1.82, 2.24) is 14.5 Å². The van der Waals surface area contributed by atoms with Gasteiger partial charge in [-0.25, -0.2) is 9.37 Å². The van der Waals surface area contributed by atoms with Crippen LogP contribution in [0.25, 0.3) is 17.1 Å². The third kappa shape index (κ3) is 4.16. The Labute approximate surface area is 188 Å².